The van der Waals surface area contributed by atoms with Crippen molar-refractivity contribution in [1.29, 1.82) is 0 Å². The van der Waals surface area contributed by atoms with Crippen LogP contribution in [0.1, 0.15) is 25.0 Å². The Balaban J connectivity index is 1.44. The molecule has 0 unspecified atom stereocenters. The third kappa shape index (κ3) is 4.93. The summed E-state index contributed by atoms with van der Waals surface area (Å²) in [6, 6.07) is 12.9. The van der Waals surface area contributed by atoms with Crippen molar-refractivity contribution in [3.05, 3.63) is 54.5 Å². The van der Waals surface area contributed by atoms with Gasteiger partial charge in [0.1, 0.15) is 5.76 Å². The lowest BCUT2D eigenvalue weighted by Crippen LogP contribution is -2.43. The summed E-state index contributed by atoms with van der Waals surface area (Å²) in [5.74, 6) is 0.699. The second kappa shape index (κ2) is 8.48. The van der Waals surface area contributed by atoms with Crippen LogP contribution >= 0.6 is 0 Å². The van der Waals surface area contributed by atoms with E-state index in [-0.39, 0.29) is 17.9 Å². The van der Waals surface area contributed by atoms with Crippen molar-refractivity contribution in [3.63, 3.8) is 0 Å². The van der Waals surface area contributed by atoms with Gasteiger partial charge in [0.15, 0.2) is 0 Å². The summed E-state index contributed by atoms with van der Waals surface area (Å²) in [6.45, 7) is 1.82. The number of likely N-dealkylation sites (tertiary alicyclic amines) is 1. The molecule has 2 aromatic rings. The van der Waals surface area contributed by atoms with Crippen LogP contribution in [0.25, 0.3) is 0 Å². The number of nitrogens with zero attached hydrogens (tertiary/aromatic N) is 1. The Hall–Kier alpha value is -2.60. The number of para-hydroxylation sites is 1. The van der Waals surface area contributed by atoms with Gasteiger partial charge in [0.05, 0.1) is 18.8 Å². The van der Waals surface area contributed by atoms with Crippen LogP contribution in [0.5, 0.6) is 0 Å². The smallest absolute Gasteiger partial charge is 0.237 e. The Labute approximate surface area is 147 Å². The second-order valence-corrected chi connectivity index (χ2v) is 6.16. The maximum atomic E-state index is 12.4. The number of carbonyl (C=O) groups excluding carboxylic acids is 2. The minimum Gasteiger partial charge on any atom is -0.467 e. The molecule has 132 valence electrons. The molecule has 0 spiro atoms. The Bertz CT molecular complexity index is 685. The van der Waals surface area contributed by atoms with E-state index in [9.17, 15) is 9.59 Å². The summed E-state index contributed by atoms with van der Waals surface area (Å²) in [7, 11) is 0. The first kappa shape index (κ1) is 17.2. The number of carbonyl (C=O) groups is 2. The van der Waals surface area contributed by atoms with Crippen molar-refractivity contribution in [2.45, 2.75) is 31.8 Å². The van der Waals surface area contributed by atoms with Gasteiger partial charge in [-0.25, -0.2) is 0 Å². The molecule has 0 saturated carbocycles. The Morgan fingerprint density at radius 2 is 2.00 bits per heavy atom. The molecule has 25 heavy (non-hydrogen) atoms. The number of hydrogen-bond acceptors (Lipinski definition) is 4. The van der Waals surface area contributed by atoms with Crippen molar-refractivity contribution in [1.82, 2.24) is 10.2 Å². The van der Waals surface area contributed by atoms with E-state index in [1.807, 2.05) is 36.4 Å². The summed E-state index contributed by atoms with van der Waals surface area (Å²) < 4.78 is 5.23. The molecule has 0 aliphatic carbocycles. The predicted molar refractivity (Wildman–Crippen MR) is 94.8 cm³/mol. The molecular formula is C19H23N3O3. The minimum atomic E-state index is -0.167. The second-order valence-electron chi connectivity index (χ2n) is 6.16. The van der Waals surface area contributed by atoms with Crippen molar-refractivity contribution < 1.29 is 14.0 Å². The largest absolute Gasteiger partial charge is 0.467 e. The molecule has 2 N–H and O–H groups in total. The number of benzene rings is 1. The number of anilines is 1. The molecule has 6 heteroatoms. The topological polar surface area (TPSA) is 74.6 Å². The Morgan fingerprint density at radius 3 is 2.76 bits per heavy atom. The number of amides is 2. The van der Waals surface area contributed by atoms with E-state index in [4.69, 9.17) is 4.42 Å². The third-order valence-corrected chi connectivity index (χ3v) is 4.37. The molecule has 1 fully saturated rings. The number of nitrogens with one attached hydrogen (secondary N) is 2. The number of rotatable bonds is 7. The zero-order chi connectivity index (χ0) is 17.5. The predicted octanol–water partition coefficient (Wildman–Crippen LogP) is 2.39. The van der Waals surface area contributed by atoms with Gasteiger partial charge in [-0.15, -0.1) is 0 Å². The van der Waals surface area contributed by atoms with Crippen LogP contribution in [-0.4, -0.2) is 35.8 Å². The molecule has 0 radical (unpaired) electrons. The summed E-state index contributed by atoms with van der Waals surface area (Å²) in [5.41, 5.74) is 0.793. The molecule has 3 rings (SSSR count). The summed E-state index contributed by atoms with van der Waals surface area (Å²) in [4.78, 5) is 26.6. The lowest BCUT2D eigenvalue weighted by Gasteiger charge is -2.23. The first-order valence-electron chi connectivity index (χ1n) is 8.61. The van der Waals surface area contributed by atoms with Gasteiger partial charge in [-0.3, -0.25) is 14.5 Å². The van der Waals surface area contributed by atoms with E-state index in [0.29, 0.717) is 19.5 Å². The third-order valence-electron chi connectivity index (χ3n) is 4.37. The van der Waals surface area contributed by atoms with Gasteiger partial charge >= 0.3 is 0 Å². The van der Waals surface area contributed by atoms with Crippen molar-refractivity contribution in [3.8, 4) is 0 Å². The summed E-state index contributed by atoms with van der Waals surface area (Å²) in [6.07, 6.45) is 3.76. The van der Waals surface area contributed by atoms with E-state index in [1.165, 1.54) is 0 Å². The SMILES string of the molecule is O=C(CCN1CCC[C@H]1C(=O)NCc1ccco1)Nc1ccccc1. The van der Waals surface area contributed by atoms with Crippen LogP contribution in [0.15, 0.2) is 53.1 Å². The molecule has 6 nitrogen and oxygen atoms in total. The molecule has 1 aromatic heterocycles. The summed E-state index contributed by atoms with van der Waals surface area (Å²) >= 11 is 0. The fraction of sp³-hybridized carbons (Fsp3) is 0.368. The van der Waals surface area contributed by atoms with Gasteiger partial charge in [0.2, 0.25) is 11.8 Å². The molecule has 0 bridgehead atoms. The van der Waals surface area contributed by atoms with Gasteiger partial charge in [-0.1, -0.05) is 18.2 Å². The quantitative estimate of drug-likeness (QED) is 0.811. The van der Waals surface area contributed by atoms with Gasteiger partial charge in [-0.05, 0) is 43.7 Å². The monoisotopic (exact) mass is 341 g/mol. The molecule has 1 aromatic carbocycles. The Kier molecular flexibility index (Phi) is 5.85. The molecule has 1 atom stereocenters. The molecular weight excluding hydrogens is 318 g/mol. The van der Waals surface area contributed by atoms with Crippen LogP contribution in [-0.2, 0) is 16.1 Å². The standard InChI is InChI=1S/C19H23N3O3/c23-18(21-15-6-2-1-3-7-15)10-12-22-11-4-9-17(22)19(24)20-14-16-8-5-13-25-16/h1-3,5-8,13,17H,4,9-12,14H2,(H,20,24)(H,21,23)/t17-/m0/s1. The highest BCUT2D eigenvalue weighted by atomic mass is 16.3. The fourth-order valence-electron chi connectivity index (χ4n) is 3.09. The summed E-state index contributed by atoms with van der Waals surface area (Å²) in [5, 5.41) is 5.78. The van der Waals surface area contributed by atoms with Crippen molar-refractivity contribution in [2.75, 3.05) is 18.4 Å². The van der Waals surface area contributed by atoms with E-state index < -0.39 is 0 Å². The van der Waals surface area contributed by atoms with Gasteiger partial charge in [-0.2, -0.15) is 0 Å². The Morgan fingerprint density at radius 1 is 1.16 bits per heavy atom. The first-order chi connectivity index (χ1) is 12.2. The number of hydrogen-bond donors (Lipinski definition) is 2. The average molecular weight is 341 g/mol. The van der Waals surface area contributed by atoms with E-state index in [2.05, 4.69) is 15.5 Å². The minimum absolute atomic E-state index is 0.00244. The molecule has 1 aliphatic heterocycles. The van der Waals surface area contributed by atoms with E-state index in [0.717, 1.165) is 30.8 Å². The highest BCUT2D eigenvalue weighted by Crippen LogP contribution is 2.18. The van der Waals surface area contributed by atoms with Gasteiger partial charge < -0.3 is 15.1 Å². The number of furan rings is 1. The lowest BCUT2D eigenvalue weighted by atomic mass is 10.2. The highest BCUT2D eigenvalue weighted by Gasteiger charge is 2.30. The van der Waals surface area contributed by atoms with Crippen LogP contribution in [0.4, 0.5) is 5.69 Å². The zero-order valence-corrected chi connectivity index (χ0v) is 14.1. The first-order valence-corrected chi connectivity index (χ1v) is 8.61. The highest BCUT2D eigenvalue weighted by molar-refractivity contribution is 5.90. The average Bonchev–Trinajstić information content (AvgIpc) is 3.30. The van der Waals surface area contributed by atoms with E-state index >= 15 is 0 Å². The zero-order valence-electron chi connectivity index (χ0n) is 14.1. The van der Waals surface area contributed by atoms with Crippen LogP contribution < -0.4 is 10.6 Å². The molecule has 2 heterocycles. The molecule has 1 saturated heterocycles. The maximum absolute atomic E-state index is 12.4. The van der Waals surface area contributed by atoms with Gasteiger partial charge in [0.25, 0.3) is 0 Å². The molecule has 1 aliphatic rings. The van der Waals surface area contributed by atoms with Crippen molar-refractivity contribution >= 4 is 17.5 Å². The van der Waals surface area contributed by atoms with Crippen LogP contribution in [0.3, 0.4) is 0 Å². The van der Waals surface area contributed by atoms with Crippen LogP contribution in [0.2, 0.25) is 0 Å². The lowest BCUT2D eigenvalue weighted by molar-refractivity contribution is -0.126. The molecule has 2 amide bonds. The fourth-order valence-corrected chi connectivity index (χ4v) is 3.09. The van der Waals surface area contributed by atoms with Gasteiger partial charge in [0, 0.05) is 18.7 Å². The maximum Gasteiger partial charge on any atom is 0.237 e. The normalized spacial score (nSPS) is 17.4. The van der Waals surface area contributed by atoms with E-state index in [1.54, 1.807) is 12.3 Å². The van der Waals surface area contributed by atoms with Crippen LogP contribution in [0, 0.1) is 0 Å². The van der Waals surface area contributed by atoms with Crippen molar-refractivity contribution in [2.24, 2.45) is 0 Å².